The Labute approximate surface area is 54.5 Å². The van der Waals surface area contributed by atoms with Crippen molar-refractivity contribution in [2.45, 2.75) is 6.36 Å². The molecule has 0 spiro atoms. The summed E-state index contributed by atoms with van der Waals surface area (Å²) in [5, 5.41) is 8.85. The van der Waals surface area contributed by atoms with Crippen molar-refractivity contribution in [1.29, 1.82) is 0 Å². The van der Waals surface area contributed by atoms with Gasteiger partial charge in [-0.05, 0) is 0 Å². The van der Waals surface area contributed by atoms with Crippen LogP contribution in [0.5, 0.6) is 0 Å². The number of halogens is 2. The van der Waals surface area contributed by atoms with Gasteiger partial charge in [0.05, 0.1) is 0 Å². The van der Waals surface area contributed by atoms with Crippen LogP contribution >= 0.6 is 0 Å². The Morgan fingerprint density at radius 2 is 1.83 bits per heavy atom. The van der Waals surface area contributed by atoms with Gasteiger partial charge in [-0.1, -0.05) is 0 Å². The average Bonchev–Trinajstić information content (AvgIpc) is 1.38. The molecule has 4 heteroatoms. The number of hydrogen-bond donors (Lipinski definition) is 0. The van der Waals surface area contributed by atoms with Gasteiger partial charge in [-0.25, -0.2) is 8.78 Å². The maximum absolute atomic E-state index is 10.5. The summed E-state index contributed by atoms with van der Waals surface area (Å²) in [5.74, 6) is 0. The first-order valence-electron chi connectivity index (χ1n) is 1.13. The first-order valence-corrected chi connectivity index (χ1v) is 1.13. The summed E-state index contributed by atoms with van der Waals surface area (Å²) in [6.45, 7) is -1.42. The summed E-state index contributed by atoms with van der Waals surface area (Å²) in [6.07, 6.45) is -2.53. The molecular formula is C2H5F2OPb. The molecule has 0 saturated carbocycles. The van der Waals surface area contributed by atoms with Gasteiger partial charge in [0.2, 0.25) is 0 Å². The molecule has 0 aromatic heterocycles. The van der Waals surface area contributed by atoms with E-state index in [0.717, 1.165) is 0 Å². The molecule has 0 bridgehead atoms. The first-order chi connectivity index (χ1) is 2.27. The van der Waals surface area contributed by atoms with E-state index in [1.807, 2.05) is 0 Å². The maximum atomic E-state index is 10.5. The average molecular weight is 290 g/mol. The van der Waals surface area contributed by atoms with Gasteiger partial charge in [-0.15, -0.1) is 0 Å². The molecule has 0 N–H and O–H groups in total. The van der Waals surface area contributed by atoms with Gasteiger partial charge in [0, 0.05) is 0 Å². The van der Waals surface area contributed by atoms with Crippen LogP contribution in [0.15, 0.2) is 0 Å². The standard InChI is InChI=1S/C2H3F2O.Pb.2H/c3-1-2(4)5;;;/h2H,1H2;;;. The Morgan fingerprint density at radius 1 is 1.67 bits per heavy atom. The SMILES string of the molecule is [O]C(F)CF.[PbH2]. The second-order valence-electron chi connectivity index (χ2n) is 0.564. The summed E-state index contributed by atoms with van der Waals surface area (Å²) in [4.78, 5) is 0. The zero-order valence-corrected chi connectivity index (χ0v) is 8.65. The number of alkyl halides is 2. The Kier molecular flexibility index (Phi) is 9.46. The molecule has 1 nitrogen and oxygen atoms in total. The van der Waals surface area contributed by atoms with Crippen LogP contribution in [0.1, 0.15) is 0 Å². The third-order valence-electron chi connectivity index (χ3n) is 0.121. The summed E-state index contributed by atoms with van der Waals surface area (Å²) in [7, 11) is 0. The molecule has 0 amide bonds. The second kappa shape index (κ2) is 5.74. The second-order valence-corrected chi connectivity index (χ2v) is 0.564. The Hall–Kier alpha value is 0.742. The molecule has 0 rings (SSSR count). The van der Waals surface area contributed by atoms with E-state index in [-0.39, 0.29) is 27.3 Å². The zero-order chi connectivity index (χ0) is 4.28. The van der Waals surface area contributed by atoms with E-state index in [2.05, 4.69) is 0 Å². The Balaban J connectivity index is 0. The van der Waals surface area contributed by atoms with Crippen molar-refractivity contribution >= 4 is 27.3 Å². The molecule has 0 fully saturated rings. The molecule has 0 heterocycles. The molecule has 0 aromatic rings. The predicted molar refractivity (Wildman–Crippen MR) is 20.1 cm³/mol. The van der Waals surface area contributed by atoms with Gasteiger partial charge in [0.25, 0.3) is 6.36 Å². The van der Waals surface area contributed by atoms with E-state index >= 15 is 0 Å². The van der Waals surface area contributed by atoms with Gasteiger partial charge in [0.15, 0.2) is 0 Å². The molecule has 0 saturated heterocycles. The van der Waals surface area contributed by atoms with Crippen LogP contribution in [0.25, 0.3) is 0 Å². The van der Waals surface area contributed by atoms with E-state index in [1.165, 1.54) is 0 Å². The van der Waals surface area contributed by atoms with E-state index in [4.69, 9.17) is 5.11 Å². The quantitative estimate of drug-likeness (QED) is 0.594. The van der Waals surface area contributed by atoms with Crippen molar-refractivity contribution in [2.75, 3.05) is 6.67 Å². The van der Waals surface area contributed by atoms with E-state index in [0.29, 0.717) is 0 Å². The number of rotatable bonds is 1. The van der Waals surface area contributed by atoms with Gasteiger partial charge in [-0.3, -0.25) is 0 Å². The molecular weight excluding hydrogens is 285 g/mol. The van der Waals surface area contributed by atoms with Gasteiger partial charge < -0.3 is 0 Å². The van der Waals surface area contributed by atoms with E-state index < -0.39 is 13.0 Å². The monoisotopic (exact) mass is 291 g/mol. The summed E-state index contributed by atoms with van der Waals surface area (Å²) in [6, 6.07) is 0. The van der Waals surface area contributed by atoms with Gasteiger partial charge >= 0.3 is 27.3 Å². The summed E-state index contributed by atoms with van der Waals surface area (Å²) in [5.41, 5.74) is 0. The fourth-order valence-corrected chi connectivity index (χ4v) is 0. The third-order valence-corrected chi connectivity index (χ3v) is 0.121. The van der Waals surface area contributed by atoms with Crippen LogP contribution in [0.2, 0.25) is 0 Å². The Bertz CT molecular complexity index is 25.5. The molecule has 0 aromatic carbocycles. The van der Waals surface area contributed by atoms with Crippen LogP contribution in [0, 0.1) is 0 Å². The molecule has 1 atom stereocenters. The van der Waals surface area contributed by atoms with Crippen LogP contribution in [0.3, 0.4) is 0 Å². The molecule has 3 radical (unpaired) electrons. The first kappa shape index (κ1) is 9.89. The molecule has 0 aliphatic rings. The fourth-order valence-electron chi connectivity index (χ4n) is 0. The van der Waals surface area contributed by atoms with Crippen molar-refractivity contribution in [3.05, 3.63) is 0 Å². The third kappa shape index (κ3) is 8.83. The van der Waals surface area contributed by atoms with Crippen LogP contribution in [-0.2, 0) is 5.11 Å². The van der Waals surface area contributed by atoms with Gasteiger partial charge in [-0.2, -0.15) is 5.11 Å². The van der Waals surface area contributed by atoms with Crippen LogP contribution in [0.4, 0.5) is 8.78 Å². The minimum absolute atomic E-state index is 0. The van der Waals surface area contributed by atoms with Crippen molar-refractivity contribution in [1.82, 2.24) is 0 Å². The molecule has 6 heavy (non-hydrogen) atoms. The van der Waals surface area contributed by atoms with Gasteiger partial charge in [0.1, 0.15) is 6.67 Å². The Morgan fingerprint density at radius 3 is 1.83 bits per heavy atom. The van der Waals surface area contributed by atoms with Crippen LogP contribution < -0.4 is 0 Å². The van der Waals surface area contributed by atoms with E-state index in [1.54, 1.807) is 0 Å². The number of hydrogen-bond acceptors (Lipinski definition) is 0. The van der Waals surface area contributed by atoms with Crippen molar-refractivity contribution < 1.29 is 13.9 Å². The van der Waals surface area contributed by atoms with Crippen LogP contribution in [-0.4, -0.2) is 40.3 Å². The summed E-state index contributed by atoms with van der Waals surface area (Å²) >= 11 is 0. The van der Waals surface area contributed by atoms with E-state index in [9.17, 15) is 8.78 Å². The van der Waals surface area contributed by atoms with Crippen molar-refractivity contribution in [3.63, 3.8) is 0 Å². The molecule has 37 valence electrons. The molecule has 1 unspecified atom stereocenters. The normalized spacial score (nSPS) is 12.5. The summed E-state index contributed by atoms with van der Waals surface area (Å²) < 4.78 is 20.9. The molecule has 0 aliphatic carbocycles. The topological polar surface area (TPSA) is 19.9 Å². The fraction of sp³-hybridized carbons (Fsp3) is 1.00. The predicted octanol–water partition coefficient (Wildman–Crippen LogP) is -0.234. The zero-order valence-electron chi connectivity index (χ0n) is 3.16. The minimum atomic E-state index is -2.53. The van der Waals surface area contributed by atoms with Crippen molar-refractivity contribution in [3.8, 4) is 0 Å². The van der Waals surface area contributed by atoms with Crippen molar-refractivity contribution in [2.24, 2.45) is 0 Å². The molecule has 0 aliphatic heterocycles.